The fraction of sp³-hybridized carbons (Fsp3) is 0.154. The zero-order chi connectivity index (χ0) is 26.5. The number of hydrogen-bond donors (Lipinski definition) is 1. The summed E-state index contributed by atoms with van der Waals surface area (Å²) in [6.45, 7) is 10.7. The number of hydrogen-bond acceptors (Lipinski definition) is 6. The average molecular weight is 523 g/mol. The number of furan rings is 1. The molecule has 37 heavy (non-hydrogen) atoms. The van der Waals surface area contributed by atoms with Gasteiger partial charge in [0.05, 0.1) is 35.9 Å². The Morgan fingerprint density at radius 2 is 1.95 bits per heavy atom. The topological polar surface area (TPSA) is 98.3 Å². The fourth-order valence-corrected chi connectivity index (χ4v) is 3.82. The minimum atomic E-state index is -0.826. The van der Waals surface area contributed by atoms with Gasteiger partial charge in [-0.25, -0.2) is 23.7 Å². The van der Waals surface area contributed by atoms with E-state index >= 15 is 0 Å². The largest absolute Gasteiger partial charge is 0.450 e. The van der Waals surface area contributed by atoms with Gasteiger partial charge in [0.1, 0.15) is 17.2 Å². The maximum Gasteiger partial charge on any atom is 0.419 e. The SMILES string of the molecule is [C-]#[N+]c1cccc(-c2nccc3c(N(C(=O)OCC)c4ccc(F)c(Cl)c4)c(NC(=O)OCC)oc23)c1. The molecule has 11 heteroatoms. The highest BCUT2D eigenvalue weighted by atomic mass is 35.5. The van der Waals surface area contributed by atoms with Crippen LogP contribution in [0.5, 0.6) is 0 Å². The highest BCUT2D eigenvalue weighted by molar-refractivity contribution is 6.31. The molecular weight excluding hydrogens is 503 g/mol. The Labute approximate surface area is 216 Å². The van der Waals surface area contributed by atoms with Gasteiger partial charge in [-0.3, -0.25) is 10.3 Å². The molecule has 0 fully saturated rings. The van der Waals surface area contributed by atoms with Gasteiger partial charge in [-0.05, 0) is 49.7 Å². The first-order valence-electron chi connectivity index (χ1n) is 11.1. The van der Waals surface area contributed by atoms with Gasteiger partial charge < -0.3 is 13.9 Å². The molecule has 0 aliphatic heterocycles. The van der Waals surface area contributed by atoms with Gasteiger partial charge in [0.25, 0.3) is 0 Å². The summed E-state index contributed by atoms with van der Waals surface area (Å²) < 4.78 is 30.3. The summed E-state index contributed by atoms with van der Waals surface area (Å²) in [6.07, 6.45) is -0.155. The highest BCUT2D eigenvalue weighted by Crippen LogP contribution is 2.45. The second kappa shape index (κ2) is 11.0. The van der Waals surface area contributed by atoms with Crippen LogP contribution in [-0.4, -0.2) is 30.4 Å². The number of carbonyl (C=O) groups is 2. The number of pyridine rings is 1. The third kappa shape index (κ3) is 5.17. The van der Waals surface area contributed by atoms with E-state index in [0.29, 0.717) is 22.3 Å². The number of fused-ring (bicyclic) bond motifs is 1. The summed E-state index contributed by atoms with van der Waals surface area (Å²) >= 11 is 6.02. The van der Waals surface area contributed by atoms with E-state index in [0.717, 1.165) is 11.0 Å². The molecule has 4 rings (SSSR count). The number of anilines is 3. The van der Waals surface area contributed by atoms with Gasteiger partial charge in [-0.1, -0.05) is 29.8 Å². The molecule has 0 radical (unpaired) electrons. The van der Waals surface area contributed by atoms with Crippen LogP contribution in [0.4, 0.5) is 36.9 Å². The van der Waals surface area contributed by atoms with Crippen LogP contribution >= 0.6 is 11.6 Å². The molecule has 9 nitrogen and oxygen atoms in total. The molecule has 0 saturated heterocycles. The van der Waals surface area contributed by atoms with Crippen molar-refractivity contribution < 1.29 is 27.9 Å². The smallest absolute Gasteiger partial charge is 0.419 e. The molecule has 0 aliphatic carbocycles. The van der Waals surface area contributed by atoms with E-state index in [9.17, 15) is 14.0 Å². The van der Waals surface area contributed by atoms with Crippen molar-refractivity contribution in [2.45, 2.75) is 13.8 Å². The Morgan fingerprint density at radius 1 is 1.16 bits per heavy atom. The monoisotopic (exact) mass is 522 g/mol. The number of amides is 2. The quantitative estimate of drug-likeness (QED) is 0.260. The Balaban J connectivity index is 2.01. The molecule has 0 saturated carbocycles. The Bertz CT molecular complexity index is 1530. The van der Waals surface area contributed by atoms with Crippen molar-refractivity contribution in [3.05, 3.63) is 77.0 Å². The van der Waals surface area contributed by atoms with Crippen molar-refractivity contribution in [1.29, 1.82) is 0 Å². The third-order valence-corrected chi connectivity index (χ3v) is 5.44. The molecule has 0 unspecified atom stereocenters. The van der Waals surface area contributed by atoms with Gasteiger partial charge in [-0.2, -0.15) is 0 Å². The standard InChI is InChI=1S/C26H20ClFN4O5/c1-4-35-25(33)31-24-22(32(26(34)36-5-2)17-9-10-20(28)19(27)14-17)18-11-12-30-21(23(18)37-24)15-7-6-8-16(13-15)29-3/h6-14H,4-5H2,1-2H3,(H,31,33). The first kappa shape index (κ1) is 25.5. The first-order chi connectivity index (χ1) is 17.9. The van der Waals surface area contributed by atoms with Crippen molar-refractivity contribution in [3.63, 3.8) is 0 Å². The van der Waals surface area contributed by atoms with Crippen molar-refractivity contribution in [1.82, 2.24) is 4.98 Å². The van der Waals surface area contributed by atoms with Crippen molar-refractivity contribution in [2.24, 2.45) is 0 Å². The third-order valence-electron chi connectivity index (χ3n) is 5.15. The van der Waals surface area contributed by atoms with Crippen molar-refractivity contribution >= 4 is 57.7 Å². The lowest BCUT2D eigenvalue weighted by molar-refractivity contribution is 0.162. The van der Waals surface area contributed by atoms with Crippen LogP contribution in [0, 0.1) is 12.4 Å². The predicted molar refractivity (Wildman–Crippen MR) is 137 cm³/mol. The van der Waals surface area contributed by atoms with Gasteiger partial charge in [0, 0.05) is 6.20 Å². The van der Waals surface area contributed by atoms with E-state index in [-0.39, 0.29) is 41.1 Å². The number of benzene rings is 2. The summed E-state index contributed by atoms with van der Waals surface area (Å²) in [5.41, 5.74) is 1.80. The molecule has 0 atom stereocenters. The second-order valence-electron chi connectivity index (χ2n) is 7.46. The van der Waals surface area contributed by atoms with Crippen LogP contribution in [0.1, 0.15) is 13.8 Å². The zero-order valence-corrected chi connectivity index (χ0v) is 20.5. The maximum absolute atomic E-state index is 14.0. The summed E-state index contributed by atoms with van der Waals surface area (Å²) in [5.74, 6) is -0.820. The molecule has 4 aromatic rings. The average Bonchev–Trinajstić information content (AvgIpc) is 3.24. The molecule has 0 aliphatic rings. The molecule has 1 N–H and O–H groups in total. The number of ether oxygens (including phenoxy) is 2. The molecule has 2 heterocycles. The first-order valence-corrected chi connectivity index (χ1v) is 11.5. The molecule has 188 valence electrons. The van der Waals surface area contributed by atoms with E-state index in [1.54, 1.807) is 44.2 Å². The van der Waals surface area contributed by atoms with Gasteiger partial charge in [-0.15, -0.1) is 0 Å². The number of nitrogens with one attached hydrogen (secondary N) is 1. The number of nitrogens with zero attached hydrogens (tertiary/aromatic N) is 3. The molecular formula is C26H20ClFN4O5. The Hall–Kier alpha value is -4.62. The van der Waals surface area contributed by atoms with E-state index in [1.807, 2.05) is 0 Å². The lowest BCUT2D eigenvalue weighted by Crippen LogP contribution is -2.28. The number of carbonyl (C=O) groups excluding carboxylic acids is 2. The van der Waals surface area contributed by atoms with Crippen molar-refractivity contribution in [2.75, 3.05) is 23.4 Å². The van der Waals surface area contributed by atoms with E-state index in [1.165, 1.54) is 18.3 Å². The van der Waals surface area contributed by atoms with Crippen LogP contribution in [0.25, 0.3) is 27.1 Å². The van der Waals surface area contributed by atoms with Gasteiger partial charge >= 0.3 is 12.2 Å². The van der Waals surface area contributed by atoms with E-state index in [4.69, 9.17) is 32.1 Å². The van der Waals surface area contributed by atoms with Crippen LogP contribution < -0.4 is 10.2 Å². The number of aromatic nitrogens is 1. The maximum atomic E-state index is 14.0. The minimum absolute atomic E-state index is 0.0386. The molecule has 2 amide bonds. The highest BCUT2D eigenvalue weighted by Gasteiger charge is 2.31. The number of rotatable bonds is 6. The van der Waals surface area contributed by atoms with Crippen LogP contribution in [-0.2, 0) is 9.47 Å². The van der Waals surface area contributed by atoms with E-state index in [2.05, 4.69) is 15.1 Å². The zero-order valence-electron chi connectivity index (χ0n) is 19.7. The minimum Gasteiger partial charge on any atom is -0.450 e. The lowest BCUT2D eigenvalue weighted by Gasteiger charge is -2.22. The van der Waals surface area contributed by atoms with Crippen molar-refractivity contribution in [3.8, 4) is 11.3 Å². The molecule has 2 aromatic heterocycles. The van der Waals surface area contributed by atoms with Crippen LogP contribution in [0.3, 0.4) is 0 Å². The summed E-state index contributed by atoms with van der Waals surface area (Å²) in [5, 5.41) is 2.66. The summed E-state index contributed by atoms with van der Waals surface area (Å²) in [4.78, 5) is 34.6. The fourth-order valence-electron chi connectivity index (χ4n) is 3.64. The molecule has 0 bridgehead atoms. The normalized spacial score (nSPS) is 10.6. The second-order valence-corrected chi connectivity index (χ2v) is 7.86. The van der Waals surface area contributed by atoms with Crippen LogP contribution in [0.15, 0.2) is 59.1 Å². The van der Waals surface area contributed by atoms with E-state index < -0.39 is 18.0 Å². The molecule has 2 aromatic carbocycles. The predicted octanol–water partition coefficient (Wildman–Crippen LogP) is 7.70. The Kier molecular flexibility index (Phi) is 7.55. The summed E-state index contributed by atoms with van der Waals surface area (Å²) in [6, 6.07) is 12.0. The van der Waals surface area contributed by atoms with Gasteiger partial charge in [0.2, 0.25) is 5.88 Å². The Morgan fingerprint density at radius 3 is 2.65 bits per heavy atom. The number of halogens is 2. The summed E-state index contributed by atoms with van der Waals surface area (Å²) in [7, 11) is 0. The lowest BCUT2D eigenvalue weighted by atomic mass is 10.1. The molecule has 0 spiro atoms. The van der Waals surface area contributed by atoms with Gasteiger partial charge in [0.15, 0.2) is 11.3 Å². The van der Waals surface area contributed by atoms with Crippen LogP contribution in [0.2, 0.25) is 5.02 Å².